The molecule has 7 heteroatoms. The predicted octanol–water partition coefficient (Wildman–Crippen LogP) is 1.88. The molecule has 0 unspecified atom stereocenters. The van der Waals surface area contributed by atoms with Gasteiger partial charge in [0.1, 0.15) is 6.61 Å². The molecule has 23 heavy (non-hydrogen) atoms. The average molecular weight is 315 g/mol. The number of rotatable bonds is 4. The third-order valence-electron chi connectivity index (χ3n) is 4.04. The minimum Gasteiger partial charge on any atom is -0.375 e. The Morgan fingerprint density at radius 2 is 2.30 bits per heavy atom. The maximum atomic E-state index is 12.3. The zero-order valence-electron chi connectivity index (χ0n) is 13.5. The van der Waals surface area contributed by atoms with Gasteiger partial charge in [-0.05, 0) is 38.3 Å². The second-order valence-electron chi connectivity index (χ2n) is 5.75. The largest absolute Gasteiger partial charge is 0.375 e. The van der Waals surface area contributed by atoms with E-state index >= 15 is 0 Å². The number of aromatic nitrogens is 4. The summed E-state index contributed by atoms with van der Waals surface area (Å²) in [6, 6.07) is 3.70. The molecule has 1 amide bonds. The molecule has 0 radical (unpaired) electrons. The molecule has 2 aromatic heterocycles. The molecule has 122 valence electrons. The van der Waals surface area contributed by atoms with Crippen molar-refractivity contribution in [3.8, 4) is 11.4 Å². The normalized spacial score (nSPS) is 18.2. The molecule has 1 atom stereocenters. The van der Waals surface area contributed by atoms with Crippen LogP contribution in [-0.4, -0.2) is 51.2 Å². The smallest absolute Gasteiger partial charge is 0.249 e. The number of nitrogens with zero attached hydrogens (tertiary/aromatic N) is 4. The van der Waals surface area contributed by atoms with Crippen LogP contribution in [0.3, 0.4) is 0 Å². The van der Waals surface area contributed by atoms with Gasteiger partial charge in [-0.1, -0.05) is 0 Å². The number of ether oxygens (including phenoxy) is 1. The zero-order chi connectivity index (χ0) is 16.2. The van der Waals surface area contributed by atoms with Crippen LogP contribution in [0.15, 0.2) is 18.3 Å². The van der Waals surface area contributed by atoms with E-state index in [-0.39, 0.29) is 18.6 Å². The number of carbonyl (C=O) groups excluding carboxylic acids is 1. The second-order valence-corrected chi connectivity index (χ2v) is 5.75. The summed E-state index contributed by atoms with van der Waals surface area (Å²) in [5.41, 5.74) is 2.53. The highest BCUT2D eigenvalue weighted by Crippen LogP contribution is 2.30. The second kappa shape index (κ2) is 6.87. The fourth-order valence-electron chi connectivity index (χ4n) is 2.98. The molecule has 3 heterocycles. The van der Waals surface area contributed by atoms with E-state index in [1.54, 1.807) is 6.20 Å². The van der Waals surface area contributed by atoms with Crippen molar-refractivity contribution in [2.45, 2.75) is 32.2 Å². The quantitative estimate of drug-likeness (QED) is 0.931. The number of nitrogens with one attached hydrogen (secondary N) is 1. The lowest BCUT2D eigenvalue weighted by Gasteiger charge is -2.34. The Labute approximate surface area is 135 Å². The monoisotopic (exact) mass is 315 g/mol. The summed E-state index contributed by atoms with van der Waals surface area (Å²) in [5, 5.41) is 6.90. The molecule has 0 bridgehead atoms. The van der Waals surface area contributed by atoms with Gasteiger partial charge in [0.05, 0.1) is 17.4 Å². The van der Waals surface area contributed by atoms with Gasteiger partial charge in [-0.25, -0.2) is 9.97 Å². The van der Waals surface area contributed by atoms with Crippen LogP contribution in [-0.2, 0) is 9.53 Å². The van der Waals surface area contributed by atoms with Gasteiger partial charge >= 0.3 is 0 Å². The number of piperidine rings is 1. The van der Waals surface area contributed by atoms with E-state index in [1.165, 1.54) is 7.11 Å². The first kappa shape index (κ1) is 15.6. The van der Waals surface area contributed by atoms with Gasteiger partial charge in [0, 0.05) is 25.5 Å². The van der Waals surface area contributed by atoms with Crippen molar-refractivity contribution in [2.75, 3.05) is 20.3 Å². The zero-order valence-corrected chi connectivity index (χ0v) is 13.5. The van der Waals surface area contributed by atoms with Crippen molar-refractivity contribution in [3.63, 3.8) is 0 Å². The lowest BCUT2D eigenvalue weighted by Crippen LogP contribution is -2.41. The molecule has 1 aliphatic rings. The Hall–Kier alpha value is -2.28. The molecule has 1 N–H and O–H groups in total. The van der Waals surface area contributed by atoms with Crippen LogP contribution >= 0.6 is 0 Å². The van der Waals surface area contributed by atoms with Crippen LogP contribution in [0.5, 0.6) is 0 Å². The fraction of sp³-hybridized carbons (Fsp3) is 0.500. The molecule has 0 aliphatic carbocycles. The molecule has 0 aromatic carbocycles. The first-order valence-electron chi connectivity index (χ1n) is 7.83. The Morgan fingerprint density at radius 1 is 1.43 bits per heavy atom. The first-order valence-corrected chi connectivity index (χ1v) is 7.83. The number of hydrogen-bond acceptors (Lipinski definition) is 5. The average Bonchev–Trinajstić information content (AvgIpc) is 3.09. The van der Waals surface area contributed by atoms with Gasteiger partial charge in [0.25, 0.3) is 0 Å². The van der Waals surface area contributed by atoms with Crippen molar-refractivity contribution in [3.05, 3.63) is 29.8 Å². The third-order valence-corrected chi connectivity index (χ3v) is 4.04. The van der Waals surface area contributed by atoms with Crippen LogP contribution in [0.25, 0.3) is 11.4 Å². The summed E-state index contributed by atoms with van der Waals surface area (Å²) in [6.07, 6.45) is 4.64. The number of aryl methyl sites for hydroxylation is 1. The maximum absolute atomic E-state index is 12.3. The lowest BCUT2D eigenvalue weighted by molar-refractivity contribution is -0.139. The molecule has 2 aromatic rings. The van der Waals surface area contributed by atoms with Gasteiger partial charge in [0.15, 0.2) is 5.82 Å². The Bertz CT molecular complexity index is 671. The number of aromatic amines is 1. The highest BCUT2D eigenvalue weighted by Gasteiger charge is 2.30. The molecule has 7 nitrogen and oxygen atoms in total. The van der Waals surface area contributed by atoms with Crippen molar-refractivity contribution in [1.82, 2.24) is 25.1 Å². The van der Waals surface area contributed by atoms with E-state index in [0.29, 0.717) is 5.82 Å². The minimum absolute atomic E-state index is 0.00889. The number of amides is 1. The van der Waals surface area contributed by atoms with E-state index in [0.717, 1.165) is 42.9 Å². The van der Waals surface area contributed by atoms with Crippen LogP contribution in [0.2, 0.25) is 0 Å². The SMILES string of the molecule is COCC(=O)N1CCCC[C@H]1c1nc(C)cc(-c2ccn[nH]2)n1. The summed E-state index contributed by atoms with van der Waals surface area (Å²) in [6.45, 7) is 2.76. The van der Waals surface area contributed by atoms with E-state index in [1.807, 2.05) is 24.0 Å². The minimum atomic E-state index is -0.0898. The summed E-state index contributed by atoms with van der Waals surface area (Å²) in [5.74, 6) is 0.684. The number of likely N-dealkylation sites (tertiary alicyclic amines) is 1. The molecule has 1 fully saturated rings. The Balaban J connectivity index is 1.93. The molecular formula is C16H21N5O2. The fourth-order valence-corrected chi connectivity index (χ4v) is 2.98. The van der Waals surface area contributed by atoms with Gasteiger partial charge in [-0.3, -0.25) is 9.89 Å². The van der Waals surface area contributed by atoms with Crippen LogP contribution in [0, 0.1) is 6.92 Å². The van der Waals surface area contributed by atoms with Gasteiger partial charge in [0.2, 0.25) is 5.91 Å². The van der Waals surface area contributed by atoms with Crippen molar-refractivity contribution in [2.24, 2.45) is 0 Å². The lowest BCUT2D eigenvalue weighted by atomic mass is 10.0. The van der Waals surface area contributed by atoms with E-state index in [9.17, 15) is 4.79 Å². The number of hydrogen-bond donors (Lipinski definition) is 1. The standard InChI is InChI=1S/C16H21N5O2/c1-11-9-13(12-6-7-17-20-12)19-16(18-11)14-5-3-4-8-21(14)15(22)10-23-2/h6-7,9,14H,3-5,8,10H2,1-2H3,(H,17,20)/t14-/m0/s1. The van der Waals surface area contributed by atoms with Gasteiger partial charge in [-0.2, -0.15) is 5.10 Å². The third kappa shape index (κ3) is 3.39. The van der Waals surface area contributed by atoms with Crippen molar-refractivity contribution < 1.29 is 9.53 Å². The molecule has 1 aliphatic heterocycles. The summed E-state index contributed by atoms with van der Waals surface area (Å²) in [7, 11) is 1.54. The van der Waals surface area contributed by atoms with Crippen molar-refractivity contribution in [1.29, 1.82) is 0 Å². The molecular weight excluding hydrogens is 294 g/mol. The van der Waals surface area contributed by atoms with Crippen LogP contribution < -0.4 is 0 Å². The predicted molar refractivity (Wildman–Crippen MR) is 84.5 cm³/mol. The molecule has 1 saturated heterocycles. The topological polar surface area (TPSA) is 84.0 Å². The molecule has 0 saturated carbocycles. The van der Waals surface area contributed by atoms with Gasteiger partial charge in [-0.15, -0.1) is 0 Å². The highest BCUT2D eigenvalue weighted by atomic mass is 16.5. The summed E-state index contributed by atoms with van der Waals surface area (Å²) < 4.78 is 5.00. The van der Waals surface area contributed by atoms with Crippen molar-refractivity contribution >= 4 is 5.91 Å². The first-order chi connectivity index (χ1) is 11.2. The molecule has 0 spiro atoms. The van der Waals surface area contributed by atoms with E-state index in [4.69, 9.17) is 4.74 Å². The molecule has 3 rings (SSSR count). The number of carbonyl (C=O) groups is 1. The maximum Gasteiger partial charge on any atom is 0.249 e. The van der Waals surface area contributed by atoms with Crippen LogP contribution in [0.1, 0.15) is 36.8 Å². The Morgan fingerprint density at radius 3 is 3.04 bits per heavy atom. The van der Waals surface area contributed by atoms with Gasteiger partial charge < -0.3 is 9.64 Å². The summed E-state index contributed by atoms with van der Waals surface area (Å²) >= 11 is 0. The van der Waals surface area contributed by atoms with E-state index in [2.05, 4.69) is 20.2 Å². The number of methoxy groups -OCH3 is 1. The van der Waals surface area contributed by atoms with Crippen LogP contribution in [0.4, 0.5) is 0 Å². The Kier molecular flexibility index (Phi) is 4.66. The highest BCUT2D eigenvalue weighted by molar-refractivity contribution is 5.78. The number of H-pyrrole nitrogens is 1. The summed E-state index contributed by atoms with van der Waals surface area (Å²) in [4.78, 5) is 23.4. The van der Waals surface area contributed by atoms with E-state index < -0.39 is 0 Å².